The van der Waals surface area contributed by atoms with Crippen LogP contribution in [-0.4, -0.2) is 37.2 Å². The van der Waals surface area contributed by atoms with Crippen molar-refractivity contribution in [3.63, 3.8) is 0 Å². The predicted octanol–water partition coefficient (Wildman–Crippen LogP) is 16.3. The summed E-state index contributed by atoms with van der Waals surface area (Å²) in [4.78, 5) is 37.9. The van der Waals surface area contributed by atoms with E-state index in [9.17, 15) is 14.4 Å². The Morgan fingerprint density at radius 1 is 0.339 bits per heavy atom. The second kappa shape index (κ2) is 48.0. The predicted molar refractivity (Wildman–Crippen MR) is 252 cm³/mol. The third-order valence-corrected chi connectivity index (χ3v) is 10.8. The second-order valence-electron chi connectivity index (χ2n) is 16.7. The molecule has 0 unspecified atom stereocenters. The quantitative estimate of drug-likeness (QED) is 0.0263. The Bertz CT molecular complexity index is 1040. The maximum absolute atomic E-state index is 12.8. The van der Waals surface area contributed by atoms with Gasteiger partial charge in [0.15, 0.2) is 6.10 Å². The number of allylic oxidation sites excluding steroid dienone is 8. The van der Waals surface area contributed by atoms with E-state index in [1.807, 2.05) is 0 Å². The van der Waals surface area contributed by atoms with Gasteiger partial charge in [-0.25, -0.2) is 0 Å². The molecule has 0 aliphatic heterocycles. The number of ether oxygens (including phenoxy) is 3. The van der Waals surface area contributed by atoms with Crippen molar-refractivity contribution in [2.75, 3.05) is 13.2 Å². The van der Waals surface area contributed by atoms with Crippen LogP contribution in [0.2, 0.25) is 0 Å². The molecule has 0 saturated heterocycles. The first-order valence-electron chi connectivity index (χ1n) is 25.1. The van der Waals surface area contributed by atoms with E-state index < -0.39 is 6.10 Å². The van der Waals surface area contributed by atoms with Crippen molar-refractivity contribution in [2.45, 2.75) is 258 Å². The van der Waals surface area contributed by atoms with E-state index in [0.717, 1.165) is 96.3 Å². The van der Waals surface area contributed by atoms with Crippen LogP contribution in [0.5, 0.6) is 0 Å². The topological polar surface area (TPSA) is 78.9 Å². The van der Waals surface area contributed by atoms with Gasteiger partial charge in [0.05, 0.1) is 0 Å². The van der Waals surface area contributed by atoms with Crippen molar-refractivity contribution in [1.29, 1.82) is 0 Å². The van der Waals surface area contributed by atoms with Crippen molar-refractivity contribution in [1.82, 2.24) is 0 Å². The van der Waals surface area contributed by atoms with Crippen LogP contribution in [0.4, 0.5) is 0 Å². The summed E-state index contributed by atoms with van der Waals surface area (Å²) in [5, 5.41) is 0. The summed E-state index contributed by atoms with van der Waals surface area (Å²) < 4.78 is 16.7. The monoisotopic (exact) mass is 827 g/mol. The summed E-state index contributed by atoms with van der Waals surface area (Å²) in [6.45, 7) is 6.56. The average molecular weight is 827 g/mol. The molecule has 0 N–H and O–H groups in total. The van der Waals surface area contributed by atoms with Crippen LogP contribution in [0.25, 0.3) is 0 Å². The Labute approximate surface area is 365 Å². The first-order chi connectivity index (χ1) is 29.0. The minimum atomic E-state index is -0.784. The Hall–Kier alpha value is -2.63. The zero-order valence-electron chi connectivity index (χ0n) is 39.0. The molecule has 0 fully saturated rings. The smallest absolute Gasteiger partial charge is 0.306 e. The van der Waals surface area contributed by atoms with Gasteiger partial charge in [-0.1, -0.05) is 179 Å². The molecule has 342 valence electrons. The molecule has 1 atom stereocenters. The van der Waals surface area contributed by atoms with Gasteiger partial charge in [0.2, 0.25) is 0 Å². The van der Waals surface area contributed by atoms with E-state index in [2.05, 4.69) is 69.4 Å². The van der Waals surface area contributed by atoms with Gasteiger partial charge in [-0.15, -0.1) is 0 Å². The molecule has 0 aliphatic rings. The van der Waals surface area contributed by atoms with E-state index in [1.54, 1.807) is 0 Å². The lowest BCUT2D eigenvalue weighted by atomic mass is 10.1. The van der Waals surface area contributed by atoms with E-state index in [-0.39, 0.29) is 31.1 Å². The van der Waals surface area contributed by atoms with E-state index in [1.165, 1.54) is 116 Å². The average Bonchev–Trinajstić information content (AvgIpc) is 3.23. The first kappa shape index (κ1) is 56.4. The van der Waals surface area contributed by atoms with Gasteiger partial charge in [0, 0.05) is 19.3 Å². The molecule has 0 aliphatic carbocycles. The molecular weight excluding hydrogens is 733 g/mol. The zero-order valence-corrected chi connectivity index (χ0v) is 39.0. The molecule has 0 amide bonds. The highest BCUT2D eigenvalue weighted by molar-refractivity contribution is 5.71. The van der Waals surface area contributed by atoms with Gasteiger partial charge in [-0.05, 0) is 103 Å². The number of hydrogen-bond donors (Lipinski definition) is 0. The molecule has 0 aromatic heterocycles. The number of carbonyl (C=O) groups is 3. The molecule has 6 nitrogen and oxygen atoms in total. The molecule has 0 spiro atoms. The van der Waals surface area contributed by atoms with E-state index >= 15 is 0 Å². The number of rotatable bonds is 45. The summed E-state index contributed by atoms with van der Waals surface area (Å²) in [5.41, 5.74) is 0. The van der Waals surface area contributed by atoms with Crippen molar-refractivity contribution in [3.05, 3.63) is 48.6 Å². The largest absolute Gasteiger partial charge is 0.462 e. The molecular formula is C53H94O6. The van der Waals surface area contributed by atoms with Crippen LogP contribution in [0, 0.1) is 0 Å². The Morgan fingerprint density at radius 3 is 0.983 bits per heavy atom. The van der Waals surface area contributed by atoms with Crippen LogP contribution in [0.1, 0.15) is 252 Å². The zero-order chi connectivity index (χ0) is 43.0. The summed E-state index contributed by atoms with van der Waals surface area (Å²) in [7, 11) is 0. The molecule has 0 aromatic carbocycles. The number of esters is 3. The van der Waals surface area contributed by atoms with E-state index in [4.69, 9.17) is 14.2 Å². The normalized spacial score (nSPS) is 12.4. The van der Waals surface area contributed by atoms with Crippen molar-refractivity contribution in [3.8, 4) is 0 Å². The van der Waals surface area contributed by atoms with Crippen molar-refractivity contribution in [2.24, 2.45) is 0 Å². The maximum atomic E-state index is 12.8. The molecule has 0 radical (unpaired) electrons. The Balaban J connectivity index is 4.42. The standard InChI is InChI=1S/C53H94O6/c1-4-7-10-13-16-19-22-25-26-29-31-34-37-40-43-46-52(55)58-49-50(59-53(56)47-44-41-38-35-32-28-24-21-18-15-12-9-6-3)48-57-51(54)45-42-39-36-33-30-27-23-20-17-14-11-8-5-2/h16,19-21,23-26,50H,4-15,17-18,22,27-49H2,1-3H3/b19-16+,23-20+,24-21+,26-25+/t50-/m1/s1. The van der Waals surface area contributed by atoms with Gasteiger partial charge in [0.25, 0.3) is 0 Å². The summed E-state index contributed by atoms with van der Waals surface area (Å²) >= 11 is 0. The number of unbranched alkanes of at least 4 members (excludes halogenated alkanes) is 26. The van der Waals surface area contributed by atoms with Gasteiger partial charge < -0.3 is 14.2 Å². The minimum Gasteiger partial charge on any atom is -0.462 e. The first-order valence-corrected chi connectivity index (χ1v) is 25.1. The van der Waals surface area contributed by atoms with Crippen LogP contribution >= 0.6 is 0 Å². The lowest BCUT2D eigenvalue weighted by Crippen LogP contribution is -2.30. The van der Waals surface area contributed by atoms with Crippen LogP contribution in [0.3, 0.4) is 0 Å². The summed E-state index contributed by atoms with van der Waals surface area (Å²) in [5.74, 6) is -0.912. The van der Waals surface area contributed by atoms with Gasteiger partial charge in [-0.2, -0.15) is 0 Å². The molecule has 0 rings (SSSR count). The van der Waals surface area contributed by atoms with Crippen LogP contribution in [-0.2, 0) is 28.6 Å². The maximum Gasteiger partial charge on any atom is 0.306 e. The highest BCUT2D eigenvalue weighted by atomic mass is 16.6. The van der Waals surface area contributed by atoms with Crippen molar-refractivity contribution >= 4 is 17.9 Å². The fourth-order valence-corrected chi connectivity index (χ4v) is 6.93. The van der Waals surface area contributed by atoms with Crippen LogP contribution < -0.4 is 0 Å². The minimum absolute atomic E-state index is 0.0849. The highest BCUT2D eigenvalue weighted by Crippen LogP contribution is 2.14. The fraction of sp³-hybridized carbons (Fsp3) is 0.792. The van der Waals surface area contributed by atoms with Gasteiger partial charge in [-0.3, -0.25) is 14.4 Å². The number of carbonyl (C=O) groups excluding carboxylic acids is 3. The lowest BCUT2D eigenvalue weighted by molar-refractivity contribution is -0.167. The fourth-order valence-electron chi connectivity index (χ4n) is 6.93. The third-order valence-electron chi connectivity index (χ3n) is 10.8. The Morgan fingerprint density at radius 2 is 0.610 bits per heavy atom. The molecule has 0 bridgehead atoms. The summed E-state index contributed by atoms with van der Waals surface area (Å²) in [6.07, 6.45) is 56.6. The van der Waals surface area contributed by atoms with E-state index in [0.29, 0.717) is 19.3 Å². The molecule has 0 aromatic rings. The summed E-state index contributed by atoms with van der Waals surface area (Å²) in [6, 6.07) is 0. The van der Waals surface area contributed by atoms with Crippen LogP contribution in [0.15, 0.2) is 48.6 Å². The SMILES string of the molecule is CCCCC/C=C/C/C=C/CCCCCCCC(=O)OC[C@@H](COC(=O)CCCCCCC/C=C/CCCCCC)OC(=O)CCCCCCC/C=C/CCCCCC. The van der Waals surface area contributed by atoms with Gasteiger partial charge >= 0.3 is 17.9 Å². The molecule has 0 heterocycles. The molecule has 0 saturated carbocycles. The van der Waals surface area contributed by atoms with Crippen molar-refractivity contribution < 1.29 is 28.6 Å². The van der Waals surface area contributed by atoms with Gasteiger partial charge in [0.1, 0.15) is 13.2 Å². The molecule has 6 heteroatoms. The molecule has 59 heavy (non-hydrogen) atoms. The number of hydrogen-bond acceptors (Lipinski definition) is 6. The third kappa shape index (κ3) is 46.3. The Kier molecular flexibility index (Phi) is 45.9. The highest BCUT2D eigenvalue weighted by Gasteiger charge is 2.19. The second-order valence-corrected chi connectivity index (χ2v) is 16.7. The lowest BCUT2D eigenvalue weighted by Gasteiger charge is -2.18.